The summed E-state index contributed by atoms with van der Waals surface area (Å²) >= 11 is 6.46. The molecule has 9 heteroatoms. The topological polar surface area (TPSA) is 77.9 Å². The van der Waals surface area contributed by atoms with Crippen molar-refractivity contribution < 1.29 is 19.0 Å². The first kappa shape index (κ1) is 24.4. The van der Waals surface area contributed by atoms with Gasteiger partial charge in [0.15, 0.2) is 0 Å². The van der Waals surface area contributed by atoms with Crippen LogP contribution in [0.3, 0.4) is 0 Å². The van der Waals surface area contributed by atoms with Crippen molar-refractivity contribution in [3.8, 4) is 5.88 Å². The van der Waals surface area contributed by atoms with E-state index in [1.165, 1.54) is 0 Å². The Balaban J connectivity index is 1.86. The predicted octanol–water partition coefficient (Wildman–Crippen LogP) is 3.26. The van der Waals surface area contributed by atoms with E-state index < -0.39 is 0 Å². The average molecular weight is 465 g/mol. The highest BCUT2D eigenvalue weighted by atomic mass is 35.5. The van der Waals surface area contributed by atoms with Crippen LogP contribution < -0.4 is 15.0 Å². The Morgan fingerprint density at radius 2 is 2.09 bits per heavy atom. The number of likely N-dealkylation sites (N-methyl/N-ethyl adjacent to an activating group) is 1. The lowest BCUT2D eigenvalue weighted by Gasteiger charge is -2.34. The van der Waals surface area contributed by atoms with E-state index in [0.717, 1.165) is 29.1 Å². The molecule has 1 aliphatic heterocycles. The summed E-state index contributed by atoms with van der Waals surface area (Å²) in [6.07, 6.45) is -0.0170. The molecule has 0 saturated carbocycles. The first-order valence-electron chi connectivity index (χ1n) is 10.9. The van der Waals surface area contributed by atoms with Crippen LogP contribution in [0.4, 0.5) is 5.69 Å². The van der Waals surface area contributed by atoms with Crippen LogP contribution >= 0.6 is 11.6 Å². The average Bonchev–Trinajstić information content (AvgIpc) is 3.32. The highest BCUT2D eigenvalue weighted by Crippen LogP contribution is 2.32. The zero-order valence-corrected chi connectivity index (χ0v) is 20.5. The van der Waals surface area contributed by atoms with Gasteiger partial charge in [-0.05, 0) is 45.4 Å². The third-order valence-electron chi connectivity index (χ3n) is 5.93. The molecular weight excluding hydrogens is 432 g/mol. The van der Waals surface area contributed by atoms with Gasteiger partial charge in [0.25, 0.3) is 5.91 Å². The van der Waals surface area contributed by atoms with Crippen molar-refractivity contribution in [2.24, 2.45) is 7.05 Å². The molecule has 1 aliphatic rings. The number of carbonyl (C=O) groups excluding carboxylic acids is 1. The molecule has 0 aliphatic carbocycles. The number of amides is 1. The molecule has 0 unspecified atom stereocenters. The molecule has 1 saturated heterocycles. The van der Waals surface area contributed by atoms with Crippen molar-refractivity contribution in [2.75, 3.05) is 38.4 Å². The van der Waals surface area contributed by atoms with Crippen LogP contribution in [-0.4, -0.2) is 61.3 Å². The Labute approximate surface area is 194 Å². The van der Waals surface area contributed by atoms with E-state index in [4.69, 9.17) is 25.8 Å². The van der Waals surface area contributed by atoms with Gasteiger partial charge < -0.3 is 24.4 Å². The van der Waals surface area contributed by atoms with Crippen molar-refractivity contribution in [3.63, 3.8) is 0 Å². The fraction of sp³-hybridized carbons (Fsp3) is 0.565. The normalized spacial score (nSPS) is 18.1. The number of nitrogens with one attached hydrogen (secondary N) is 1. The lowest BCUT2D eigenvalue weighted by molar-refractivity contribution is 0.0449. The molecule has 1 N–H and O–H groups in total. The van der Waals surface area contributed by atoms with E-state index in [-0.39, 0.29) is 18.1 Å². The van der Waals surface area contributed by atoms with E-state index in [1.807, 2.05) is 33.9 Å². The number of carbonyl (C=O) groups is 1. The summed E-state index contributed by atoms with van der Waals surface area (Å²) in [6, 6.07) is 3.69. The Bertz CT molecular complexity index is 962. The molecule has 1 amide bonds. The summed E-state index contributed by atoms with van der Waals surface area (Å²) in [5.74, 6) is 0.434. The fourth-order valence-corrected chi connectivity index (χ4v) is 4.59. The lowest BCUT2D eigenvalue weighted by Crippen LogP contribution is -2.45. The summed E-state index contributed by atoms with van der Waals surface area (Å²) in [5.41, 5.74) is 3.99. The summed E-state index contributed by atoms with van der Waals surface area (Å²) in [6.45, 7) is 10.7. The van der Waals surface area contributed by atoms with Gasteiger partial charge in [0.2, 0.25) is 5.88 Å². The molecule has 3 rings (SSSR count). The quantitative estimate of drug-likeness (QED) is 0.613. The number of aryl methyl sites for hydroxylation is 2. The Hall–Kier alpha value is -2.29. The van der Waals surface area contributed by atoms with Gasteiger partial charge in [-0.15, -0.1) is 0 Å². The van der Waals surface area contributed by atoms with Crippen LogP contribution in [-0.2, 0) is 23.1 Å². The van der Waals surface area contributed by atoms with Gasteiger partial charge in [-0.25, -0.2) is 4.68 Å². The van der Waals surface area contributed by atoms with Gasteiger partial charge in [-0.3, -0.25) is 4.79 Å². The molecule has 2 heterocycles. The minimum Gasteiger partial charge on any atom is -0.481 e. The van der Waals surface area contributed by atoms with Crippen LogP contribution in [0.25, 0.3) is 0 Å². The van der Waals surface area contributed by atoms with Crippen LogP contribution in [0.1, 0.15) is 41.0 Å². The van der Waals surface area contributed by atoms with Crippen LogP contribution in [0.2, 0.25) is 5.02 Å². The van der Waals surface area contributed by atoms with Crippen molar-refractivity contribution in [1.29, 1.82) is 0 Å². The van der Waals surface area contributed by atoms with E-state index in [9.17, 15) is 4.79 Å². The van der Waals surface area contributed by atoms with E-state index in [2.05, 4.69) is 22.2 Å². The number of halogens is 1. The fourth-order valence-electron chi connectivity index (χ4n) is 4.37. The first-order valence-corrected chi connectivity index (χ1v) is 11.3. The summed E-state index contributed by atoms with van der Waals surface area (Å²) in [7, 11) is 3.41. The molecular formula is C23H33ClN4O4. The maximum atomic E-state index is 13.2. The molecule has 1 aromatic heterocycles. The number of ether oxygens (including phenoxy) is 3. The molecule has 0 bridgehead atoms. The molecule has 2 atom stereocenters. The van der Waals surface area contributed by atoms with Crippen molar-refractivity contribution in [1.82, 2.24) is 15.1 Å². The van der Waals surface area contributed by atoms with Crippen LogP contribution in [0, 0.1) is 13.8 Å². The molecule has 2 aromatic rings. The van der Waals surface area contributed by atoms with Gasteiger partial charge in [0, 0.05) is 36.5 Å². The highest BCUT2D eigenvalue weighted by molar-refractivity contribution is 6.31. The second-order valence-electron chi connectivity index (χ2n) is 7.86. The smallest absolute Gasteiger partial charge is 0.251 e. The minimum atomic E-state index is -0.198. The van der Waals surface area contributed by atoms with Crippen molar-refractivity contribution in [2.45, 2.75) is 46.4 Å². The maximum Gasteiger partial charge on any atom is 0.251 e. The van der Waals surface area contributed by atoms with Gasteiger partial charge in [0.05, 0.1) is 44.2 Å². The number of nitrogens with zero attached hydrogens (tertiary/aromatic N) is 3. The second-order valence-corrected chi connectivity index (χ2v) is 8.30. The predicted molar refractivity (Wildman–Crippen MR) is 125 cm³/mol. The molecule has 176 valence electrons. The lowest BCUT2D eigenvalue weighted by atomic mass is 10.0. The van der Waals surface area contributed by atoms with Gasteiger partial charge in [0.1, 0.15) is 6.10 Å². The molecule has 0 radical (unpaired) electrons. The monoisotopic (exact) mass is 464 g/mol. The molecule has 8 nitrogen and oxygen atoms in total. The standard InChI is InChI=1S/C23H33ClN4O4/c1-7-28(20-12-31-13-21(20)32-8-2)19-10-16(24)9-17(14(19)3)22(29)25-11-18-15(4)26-27(5)23(18)30-6/h9-10,20-21H,7-8,11-13H2,1-6H3,(H,25,29)/t20-,21-/m0/s1. The van der Waals surface area contributed by atoms with E-state index in [1.54, 1.807) is 17.9 Å². The number of benzene rings is 1. The third kappa shape index (κ3) is 4.87. The zero-order valence-electron chi connectivity index (χ0n) is 19.7. The number of aromatic nitrogens is 2. The zero-order chi connectivity index (χ0) is 23.4. The molecule has 0 spiro atoms. The van der Waals surface area contributed by atoms with Crippen molar-refractivity contribution >= 4 is 23.2 Å². The maximum absolute atomic E-state index is 13.2. The summed E-state index contributed by atoms with van der Waals surface area (Å²) in [4.78, 5) is 15.4. The SMILES string of the molecule is CCO[C@H]1COC[C@@H]1N(CC)c1cc(Cl)cc(C(=O)NCc2c(C)nn(C)c2OC)c1C. The van der Waals surface area contributed by atoms with Gasteiger partial charge in [-0.2, -0.15) is 5.10 Å². The Kier molecular flexibility index (Phi) is 8.03. The van der Waals surface area contributed by atoms with Crippen LogP contribution in [0.5, 0.6) is 5.88 Å². The molecule has 1 fully saturated rings. The number of hydrogen-bond acceptors (Lipinski definition) is 6. The second kappa shape index (κ2) is 10.6. The number of rotatable bonds is 9. The molecule has 1 aromatic carbocycles. The van der Waals surface area contributed by atoms with Crippen molar-refractivity contribution in [3.05, 3.63) is 39.5 Å². The Morgan fingerprint density at radius 3 is 2.75 bits per heavy atom. The first-order chi connectivity index (χ1) is 15.3. The number of hydrogen-bond donors (Lipinski definition) is 1. The largest absolute Gasteiger partial charge is 0.481 e. The van der Waals surface area contributed by atoms with Gasteiger partial charge >= 0.3 is 0 Å². The third-order valence-corrected chi connectivity index (χ3v) is 6.15. The number of methoxy groups -OCH3 is 1. The van der Waals surface area contributed by atoms with E-state index in [0.29, 0.717) is 42.8 Å². The highest BCUT2D eigenvalue weighted by Gasteiger charge is 2.34. The minimum absolute atomic E-state index is 0.0170. The Morgan fingerprint density at radius 1 is 1.34 bits per heavy atom. The summed E-state index contributed by atoms with van der Waals surface area (Å²) < 4.78 is 18.7. The number of anilines is 1. The van der Waals surface area contributed by atoms with Crippen LogP contribution in [0.15, 0.2) is 12.1 Å². The van der Waals surface area contributed by atoms with Gasteiger partial charge in [-0.1, -0.05) is 11.6 Å². The van der Waals surface area contributed by atoms with E-state index >= 15 is 0 Å². The molecule has 32 heavy (non-hydrogen) atoms. The summed E-state index contributed by atoms with van der Waals surface area (Å²) in [5, 5.41) is 7.87.